The van der Waals surface area contributed by atoms with Gasteiger partial charge in [-0.2, -0.15) is 0 Å². The minimum Gasteiger partial charge on any atom is -0.375 e. The highest BCUT2D eigenvalue weighted by Crippen LogP contribution is 2.09. The van der Waals surface area contributed by atoms with Gasteiger partial charge in [-0.25, -0.2) is 9.37 Å². The van der Waals surface area contributed by atoms with Gasteiger partial charge in [0.1, 0.15) is 12.4 Å². The fraction of sp³-hybridized carbons (Fsp3) is 0.400. The second-order valence-corrected chi connectivity index (χ2v) is 5.36. The summed E-state index contributed by atoms with van der Waals surface area (Å²) in [6.45, 7) is 3.29. The van der Waals surface area contributed by atoms with Crippen LogP contribution in [0.4, 0.5) is 4.39 Å². The number of aromatic nitrogens is 2. The van der Waals surface area contributed by atoms with Gasteiger partial charge < -0.3 is 9.64 Å². The summed E-state index contributed by atoms with van der Waals surface area (Å²) < 4.78 is 19.9. The molecule has 1 saturated heterocycles. The van der Waals surface area contributed by atoms with Crippen molar-refractivity contribution in [3.63, 3.8) is 0 Å². The van der Waals surface area contributed by atoms with Crippen LogP contribution in [-0.2, 0) is 16.1 Å². The number of benzene rings is 1. The van der Waals surface area contributed by atoms with Crippen molar-refractivity contribution in [2.45, 2.75) is 19.6 Å². The summed E-state index contributed by atoms with van der Waals surface area (Å²) in [5, 5.41) is 0.172. The number of ether oxygens (including phenoxy) is 1. The number of hydrogen-bond acceptors (Lipinski definition) is 4. The molecule has 2 heterocycles. The molecule has 0 radical (unpaired) electrons. The first-order valence-corrected chi connectivity index (χ1v) is 7.08. The SMILES string of the molecule is CC1CN(C(=O)Cn2cnc3ccc(F)cc3c2=O)CCO1. The van der Waals surface area contributed by atoms with Crippen molar-refractivity contribution in [2.75, 3.05) is 19.7 Å². The number of halogens is 1. The Labute approximate surface area is 126 Å². The maximum Gasteiger partial charge on any atom is 0.261 e. The van der Waals surface area contributed by atoms with E-state index in [1.807, 2.05) is 6.92 Å². The Hall–Kier alpha value is -2.28. The Morgan fingerprint density at radius 3 is 3.09 bits per heavy atom. The van der Waals surface area contributed by atoms with E-state index in [1.54, 1.807) is 4.90 Å². The number of rotatable bonds is 2. The summed E-state index contributed by atoms with van der Waals surface area (Å²) >= 11 is 0. The third-order valence-electron chi connectivity index (χ3n) is 3.69. The fourth-order valence-electron chi connectivity index (χ4n) is 2.53. The van der Waals surface area contributed by atoms with E-state index in [0.717, 1.165) is 6.07 Å². The zero-order chi connectivity index (χ0) is 15.7. The average Bonchev–Trinajstić information content (AvgIpc) is 2.50. The van der Waals surface area contributed by atoms with Gasteiger partial charge in [-0.15, -0.1) is 0 Å². The van der Waals surface area contributed by atoms with Crippen molar-refractivity contribution in [3.8, 4) is 0 Å². The molecule has 1 aliphatic heterocycles. The highest BCUT2D eigenvalue weighted by molar-refractivity contribution is 5.79. The standard InChI is InChI=1S/C15H16FN3O3/c1-10-7-18(4-5-22-10)14(20)8-19-9-17-13-3-2-11(16)6-12(13)15(19)21/h2-3,6,9-10H,4-5,7-8H2,1H3. The first-order chi connectivity index (χ1) is 10.5. The molecule has 0 bridgehead atoms. The van der Waals surface area contributed by atoms with E-state index in [2.05, 4.69) is 4.98 Å². The lowest BCUT2D eigenvalue weighted by atomic mass is 10.2. The normalized spacial score (nSPS) is 18.6. The fourth-order valence-corrected chi connectivity index (χ4v) is 2.53. The van der Waals surface area contributed by atoms with Crippen LogP contribution >= 0.6 is 0 Å². The molecular weight excluding hydrogens is 289 g/mol. The summed E-state index contributed by atoms with van der Waals surface area (Å²) in [4.78, 5) is 30.4. The van der Waals surface area contributed by atoms with Gasteiger partial charge in [-0.05, 0) is 25.1 Å². The lowest BCUT2D eigenvalue weighted by molar-refractivity contribution is -0.138. The highest BCUT2D eigenvalue weighted by atomic mass is 19.1. The molecule has 1 aliphatic rings. The topological polar surface area (TPSA) is 64.4 Å². The van der Waals surface area contributed by atoms with Crippen LogP contribution in [0.25, 0.3) is 10.9 Å². The maximum atomic E-state index is 13.3. The average molecular weight is 305 g/mol. The summed E-state index contributed by atoms with van der Waals surface area (Å²) in [6, 6.07) is 3.84. The molecule has 0 aliphatic carbocycles. The number of amides is 1. The summed E-state index contributed by atoms with van der Waals surface area (Å²) in [5.41, 5.74) is -0.00532. The first kappa shape index (κ1) is 14.6. The van der Waals surface area contributed by atoms with Gasteiger partial charge in [0, 0.05) is 13.1 Å². The number of carbonyl (C=O) groups excluding carboxylic acids is 1. The Morgan fingerprint density at radius 1 is 1.50 bits per heavy atom. The van der Waals surface area contributed by atoms with Crippen LogP contribution in [0.3, 0.4) is 0 Å². The molecule has 2 aromatic rings. The summed E-state index contributed by atoms with van der Waals surface area (Å²) in [6.07, 6.45) is 1.31. The van der Waals surface area contributed by atoms with Gasteiger partial charge in [-0.3, -0.25) is 14.2 Å². The predicted molar refractivity (Wildman–Crippen MR) is 78.0 cm³/mol. The number of morpholine rings is 1. The predicted octanol–water partition coefficient (Wildman–Crippen LogP) is 0.783. The Bertz CT molecular complexity index is 774. The van der Waals surface area contributed by atoms with Crippen molar-refractivity contribution in [2.24, 2.45) is 0 Å². The largest absolute Gasteiger partial charge is 0.375 e. The van der Waals surface area contributed by atoms with Crippen LogP contribution in [0.15, 0.2) is 29.3 Å². The van der Waals surface area contributed by atoms with E-state index in [1.165, 1.54) is 23.0 Å². The second-order valence-electron chi connectivity index (χ2n) is 5.36. The zero-order valence-corrected chi connectivity index (χ0v) is 12.2. The Kier molecular flexibility index (Phi) is 3.89. The van der Waals surface area contributed by atoms with Gasteiger partial charge in [0.25, 0.3) is 5.56 Å². The van der Waals surface area contributed by atoms with E-state index < -0.39 is 11.4 Å². The molecule has 1 unspecified atom stereocenters. The van der Waals surface area contributed by atoms with Crippen LogP contribution in [0.1, 0.15) is 6.92 Å². The van der Waals surface area contributed by atoms with Crippen molar-refractivity contribution >= 4 is 16.8 Å². The molecule has 22 heavy (non-hydrogen) atoms. The highest BCUT2D eigenvalue weighted by Gasteiger charge is 2.22. The van der Waals surface area contributed by atoms with Crippen LogP contribution in [0.2, 0.25) is 0 Å². The minimum atomic E-state index is -0.502. The number of hydrogen-bond donors (Lipinski definition) is 0. The summed E-state index contributed by atoms with van der Waals surface area (Å²) in [7, 11) is 0. The molecule has 0 N–H and O–H groups in total. The minimum absolute atomic E-state index is 0.0155. The quantitative estimate of drug-likeness (QED) is 0.822. The van der Waals surface area contributed by atoms with Crippen molar-refractivity contribution < 1.29 is 13.9 Å². The number of fused-ring (bicyclic) bond motifs is 1. The van der Waals surface area contributed by atoms with Gasteiger partial charge in [-0.1, -0.05) is 0 Å². The van der Waals surface area contributed by atoms with Gasteiger partial charge in [0.2, 0.25) is 5.91 Å². The van der Waals surface area contributed by atoms with E-state index in [9.17, 15) is 14.0 Å². The molecule has 1 fully saturated rings. The maximum absolute atomic E-state index is 13.3. The third-order valence-corrected chi connectivity index (χ3v) is 3.69. The number of nitrogens with zero attached hydrogens (tertiary/aromatic N) is 3. The smallest absolute Gasteiger partial charge is 0.261 e. The Balaban J connectivity index is 1.86. The molecule has 7 heteroatoms. The molecule has 0 saturated carbocycles. The molecule has 6 nitrogen and oxygen atoms in total. The molecule has 1 aromatic heterocycles. The molecule has 1 atom stereocenters. The molecule has 1 aromatic carbocycles. The van der Waals surface area contributed by atoms with Crippen LogP contribution < -0.4 is 5.56 Å². The first-order valence-electron chi connectivity index (χ1n) is 7.08. The van der Waals surface area contributed by atoms with Gasteiger partial charge in [0.15, 0.2) is 0 Å². The van der Waals surface area contributed by atoms with E-state index in [0.29, 0.717) is 25.2 Å². The van der Waals surface area contributed by atoms with E-state index in [-0.39, 0.29) is 23.9 Å². The van der Waals surface area contributed by atoms with E-state index >= 15 is 0 Å². The van der Waals surface area contributed by atoms with Crippen LogP contribution in [0.5, 0.6) is 0 Å². The monoisotopic (exact) mass is 305 g/mol. The summed E-state index contributed by atoms with van der Waals surface area (Å²) in [5.74, 6) is -0.674. The van der Waals surface area contributed by atoms with Gasteiger partial charge in [0.05, 0.1) is 29.9 Å². The lowest BCUT2D eigenvalue weighted by Gasteiger charge is -2.31. The van der Waals surface area contributed by atoms with Crippen molar-refractivity contribution in [3.05, 3.63) is 40.7 Å². The lowest BCUT2D eigenvalue weighted by Crippen LogP contribution is -2.46. The molecule has 0 spiro atoms. The van der Waals surface area contributed by atoms with Crippen molar-refractivity contribution in [1.82, 2.24) is 14.5 Å². The Morgan fingerprint density at radius 2 is 2.32 bits per heavy atom. The van der Waals surface area contributed by atoms with E-state index in [4.69, 9.17) is 4.74 Å². The third kappa shape index (κ3) is 2.85. The van der Waals surface area contributed by atoms with Crippen molar-refractivity contribution in [1.29, 1.82) is 0 Å². The zero-order valence-electron chi connectivity index (χ0n) is 12.2. The molecule has 1 amide bonds. The second kappa shape index (κ2) is 5.84. The number of carbonyl (C=O) groups is 1. The molecule has 116 valence electrons. The van der Waals surface area contributed by atoms with Crippen LogP contribution in [-0.4, -0.2) is 46.2 Å². The molecular formula is C15H16FN3O3. The van der Waals surface area contributed by atoms with Crippen LogP contribution in [0, 0.1) is 5.82 Å². The molecule has 3 rings (SSSR count). The van der Waals surface area contributed by atoms with Gasteiger partial charge >= 0.3 is 0 Å².